The van der Waals surface area contributed by atoms with Gasteiger partial charge in [0.15, 0.2) is 0 Å². The van der Waals surface area contributed by atoms with E-state index in [1.165, 1.54) is 0 Å². The van der Waals surface area contributed by atoms with Crippen LogP contribution in [0.3, 0.4) is 0 Å². The third-order valence-corrected chi connectivity index (χ3v) is 4.73. The molecule has 2 N–H and O–H groups in total. The summed E-state index contributed by atoms with van der Waals surface area (Å²) in [5.74, 6) is 0.238. The van der Waals surface area contributed by atoms with Gasteiger partial charge in [-0.25, -0.2) is 4.79 Å². The summed E-state index contributed by atoms with van der Waals surface area (Å²) in [7, 11) is 0. The van der Waals surface area contributed by atoms with Gasteiger partial charge >= 0.3 is 6.03 Å². The molecule has 0 aromatic heterocycles. The van der Waals surface area contributed by atoms with Crippen LogP contribution in [0.5, 0.6) is 0 Å². The predicted octanol–water partition coefficient (Wildman–Crippen LogP) is 3.47. The van der Waals surface area contributed by atoms with Gasteiger partial charge in [-0.05, 0) is 37.0 Å². The SMILES string of the molecule is CC(NC(=O)N1CCC(C)C(O)C1)c1ccc(Cl)c(Cl)c1. The van der Waals surface area contributed by atoms with Crippen LogP contribution >= 0.6 is 23.2 Å². The molecule has 1 heterocycles. The molecule has 0 saturated carbocycles. The monoisotopic (exact) mass is 330 g/mol. The summed E-state index contributed by atoms with van der Waals surface area (Å²) in [5.41, 5.74) is 0.892. The van der Waals surface area contributed by atoms with E-state index in [-0.39, 0.29) is 18.0 Å². The highest BCUT2D eigenvalue weighted by atomic mass is 35.5. The largest absolute Gasteiger partial charge is 0.391 e. The molecule has 1 saturated heterocycles. The van der Waals surface area contributed by atoms with Gasteiger partial charge in [-0.3, -0.25) is 0 Å². The Balaban J connectivity index is 1.97. The quantitative estimate of drug-likeness (QED) is 0.872. The van der Waals surface area contributed by atoms with Crippen molar-refractivity contribution in [3.63, 3.8) is 0 Å². The smallest absolute Gasteiger partial charge is 0.317 e. The summed E-state index contributed by atoms with van der Waals surface area (Å²) >= 11 is 11.9. The van der Waals surface area contributed by atoms with E-state index in [1.807, 2.05) is 19.9 Å². The van der Waals surface area contributed by atoms with Crippen molar-refractivity contribution in [1.29, 1.82) is 0 Å². The molecule has 116 valence electrons. The lowest BCUT2D eigenvalue weighted by Crippen LogP contribution is -2.50. The maximum atomic E-state index is 12.2. The molecule has 0 aliphatic carbocycles. The number of carbonyl (C=O) groups is 1. The number of nitrogens with zero attached hydrogens (tertiary/aromatic N) is 1. The van der Waals surface area contributed by atoms with E-state index in [1.54, 1.807) is 17.0 Å². The molecular formula is C15H20Cl2N2O2. The zero-order valence-electron chi connectivity index (χ0n) is 12.1. The first-order valence-corrected chi connectivity index (χ1v) is 7.82. The Hall–Kier alpha value is -0.970. The molecule has 6 heteroatoms. The molecule has 1 aliphatic heterocycles. The highest BCUT2D eigenvalue weighted by Gasteiger charge is 2.27. The van der Waals surface area contributed by atoms with E-state index >= 15 is 0 Å². The number of nitrogens with one attached hydrogen (secondary N) is 1. The molecule has 3 atom stereocenters. The van der Waals surface area contributed by atoms with Gasteiger partial charge in [-0.2, -0.15) is 0 Å². The minimum absolute atomic E-state index is 0.167. The topological polar surface area (TPSA) is 52.6 Å². The zero-order valence-corrected chi connectivity index (χ0v) is 13.7. The van der Waals surface area contributed by atoms with E-state index in [0.717, 1.165) is 12.0 Å². The Labute approximate surface area is 135 Å². The van der Waals surface area contributed by atoms with E-state index in [2.05, 4.69) is 5.32 Å². The van der Waals surface area contributed by atoms with E-state index in [4.69, 9.17) is 23.2 Å². The molecule has 21 heavy (non-hydrogen) atoms. The first-order valence-electron chi connectivity index (χ1n) is 7.07. The molecule has 1 aliphatic rings. The molecule has 0 bridgehead atoms. The second kappa shape index (κ2) is 6.86. The van der Waals surface area contributed by atoms with Crippen molar-refractivity contribution in [2.75, 3.05) is 13.1 Å². The number of carbonyl (C=O) groups excluding carboxylic acids is 1. The van der Waals surface area contributed by atoms with Gasteiger partial charge in [0.05, 0.1) is 22.2 Å². The molecule has 1 aromatic carbocycles. The van der Waals surface area contributed by atoms with Crippen LogP contribution in [0.2, 0.25) is 10.0 Å². The number of rotatable bonds is 2. The maximum Gasteiger partial charge on any atom is 0.317 e. The third kappa shape index (κ3) is 4.02. The number of benzene rings is 1. The number of likely N-dealkylation sites (tertiary alicyclic amines) is 1. The third-order valence-electron chi connectivity index (χ3n) is 3.99. The Bertz CT molecular complexity index is 524. The number of hydrogen-bond donors (Lipinski definition) is 2. The van der Waals surface area contributed by atoms with Crippen molar-refractivity contribution in [3.05, 3.63) is 33.8 Å². The number of urea groups is 1. The normalized spacial score (nSPS) is 23.8. The molecule has 1 fully saturated rings. The minimum Gasteiger partial charge on any atom is -0.391 e. The Morgan fingerprint density at radius 2 is 2.14 bits per heavy atom. The van der Waals surface area contributed by atoms with Gasteiger partial charge in [-0.1, -0.05) is 36.2 Å². The molecular weight excluding hydrogens is 311 g/mol. The fourth-order valence-corrected chi connectivity index (χ4v) is 2.68. The molecule has 0 spiro atoms. The summed E-state index contributed by atoms with van der Waals surface area (Å²) < 4.78 is 0. The van der Waals surface area contributed by atoms with Crippen molar-refractivity contribution >= 4 is 29.2 Å². The van der Waals surface area contributed by atoms with Gasteiger partial charge in [-0.15, -0.1) is 0 Å². The van der Waals surface area contributed by atoms with Crippen molar-refractivity contribution in [3.8, 4) is 0 Å². The number of aliphatic hydroxyl groups is 1. The average molecular weight is 331 g/mol. The van der Waals surface area contributed by atoms with Crippen LogP contribution in [-0.4, -0.2) is 35.2 Å². The van der Waals surface area contributed by atoms with Gasteiger partial charge in [0, 0.05) is 13.1 Å². The lowest BCUT2D eigenvalue weighted by atomic mass is 9.96. The molecule has 2 rings (SSSR count). The van der Waals surface area contributed by atoms with Crippen molar-refractivity contribution in [1.82, 2.24) is 10.2 Å². The van der Waals surface area contributed by atoms with E-state index < -0.39 is 6.10 Å². The zero-order chi connectivity index (χ0) is 15.6. The summed E-state index contributed by atoms with van der Waals surface area (Å²) in [5, 5.41) is 13.7. The summed E-state index contributed by atoms with van der Waals surface area (Å²) in [6, 6.07) is 4.96. The first-order chi connectivity index (χ1) is 9.88. The fraction of sp³-hybridized carbons (Fsp3) is 0.533. The van der Waals surface area contributed by atoms with Crippen LogP contribution in [0.25, 0.3) is 0 Å². The van der Waals surface area contributed by atoms with Crippen molar-refractivity contribution < 1.29 is 9.90 Å². The predicted molar refractivity (Wildman–Crippen MR) is 84.8 cm³/mol. The number of amides is 2. The first kappa shape index (κ1) is 16.4. The van der Waals surface area contributed by atoms with Crippen LogP contribution in [0.1, 0.15) is 31.9 Å². The van der Waals surface area contributed by atoms with Gasteiger partial charge in [0.25, 0.3) is 0 Å². The Morgan fingerprint density at radius 3 is 2.76 bits per heavy atom. The maximum absolute atomic E-state index is 12.2. The Kier molecular flexibility index (Phi) is 5.36. The average Bonchev–Trinajstić information content (AvgIpc) is 2.44. The number of aliphatic hydroxyl groups excluding tert-OH is 1. The lowest BCUT2D eigenvalue weighted by Gasteiger charge is -2.35. The number of hydrogen-bond acceptors (Lipinski definition) is 2. The number of β-amino-alcohol motifs (C(OH)–C–C–N with tert-alkyl or cyclic N) is 1. The van der Waals surface area contributed by atoms with Gasteiger partial charge in [0.2, 0.25) is 0 Å². The highest BCUT2D eigenvalue weighted by molar-refractivity contribution is 6.42. The molecule has 3 unspecified atom stereocenters. The molecule has 1 aromatic rings. The van der Waals surface area contributed by atoms with Crippen LogP contribution < -0.4 is 5.32 Å². The standard InChI is InChI=1S/C15H20Cl2N2O2/c1-9-5-6-19(8-14(9)20)15(21)18-10(2)11-3-4-12(16)13(17)7-11/h3-4,7,9-10,14,20H,5-6,8H2,1-2H3,(H,18,21). The summed E-state index contributed by atoms with van der Waals surface area (Å²) in [6.45, 7) is 4.93. The van der Waals surface area contributed by atoms with Crippen molar-refractivity contribution in [2.24, 2.45) is 5.92 Å². The van der Waals surface area contributed by atoms with Gasteiger partial charge in [0.1, 0.15) is 0 Å². The Morgan fingerprint density at radius 1 is 1.43 bits per heavy atom. The molecule has 4 nitrogen and oxygen atoms in total. The molecule has 2 amide bonds. The van der Waals surface area contributed by atoms with Crippen LogP contribution in [0.4, 0.5) is 4.79 Å². The van der Waals surface area contributed by atoms with E-state index in [0.29, 0.717) is 23.1 Å². The highest BCUT2D eigenvalue weighted by Crippen LogP contribution is 2.26. The molecule has 0 radical (unpaired) electrons. The second-order valence-electron chi connectivity index (χ2n) is 5.62. The summed E-state index contributed by atoms with van der Waals surface area (Å²) in [4.78, 5) is 13.9. The van der Waals surface area contributed by atoms with Crippen LogP contribution in [-0.2, 0) is 0 Å². The van der Waals surface area contributed by atoms with Crippen molar-refractivity contribution in [2.45, 2.75) is 32.4 Å². The number of piperidine rings is 1. The van der Waals surface area contributed by atoms with Crippen LogP contribution in [0, 0.1) is 5.92 Å². The minimum atomic E-state index is -0.454. The van der Waals surface area contributed by atoms with E-state index in [9.17, 15) is 9.90 Å². The fourth-order valence-electron chi connectivity index (χ4n) is 2.37. The van der Waals surface area contributed by atoms with Crippen LogP contribution in [0.15, 0.2) is 18.2 Å². The second-order valence-corrected chi connectivity index (χ2v) is 6.44. The lowest BCUT2D eigenvalue weighted by molar-refractivity contribution is 0.0431. The summed E-state index contributed by atoms with van der Waals surface area (Å²) in [6.07, 6.45) is 0.361. The van der Waals surface area contributed by atoms with Gasteiger partial charge < -0.3 is 15.3 Å². The number of halogens is 2.